The molecule has 104 valence electrons. The third kappa shape index (κ3) is 2.60. The Morgan fingerprint density at radius 2 is 1.95 bits per heavy atom. The first-order valence-corrected chi connectivity index (χ1v) is 6.42. The van der Waals surface area contributed by atoms with Crippen molar-refractivity contribution in [2.45, 2.75) is 45.8 Å². The third-order valence-electron chi connectivity index (χ3n) is 3.07. The number of aromatic nitrogens is 2. The molecule has 2 rings (SSSR count). The average molecular weight is 270 g/mol. The Labute approximate surface area is 110 Å². The molecule has 0 saturated heterocycles. The van der Waals surface area contributed by atoms with Crippen molar-refractivity contribution in [2.75, 3.05) is 0 Å². The zero-order valence-electron chi connectivity index (χ0n) is 11.3. The van der Waals surface area contributed by atoms with Gasteiger partial charge in [-0.3, -0.25) is 0 Å². The lowest BCUT2D eigenvalue weighted by molar-refractivity contribution is -0.137. The van der Waals surface area contributed by atoms with Gasteiger partial charge in [0.1, 0.15) is 5.82 Å². The number of benzene rings is 1. The van der Waals surface area contributed by atoms with Crippen LogP contribution in [-0.2, 0) is 12.7 Å². The normalized spacial score (nSPS) is 12.6. The number of nitrogens with zero attached hydrogens (tertiary/aromatic N) is 2. The molecule has 0 amide bonds. The van der Waals surface area contributed by atoms with Crippen molar-refractivity contribution in [1.29, 1.82) is 0 Å². The summed E-state index contributed by atoms with van der Waals surface area (Å²) >= 11 is 0. The van der Waals surface area contributed by atoms with Crippen LogP contribution >= 0.6 is 0 Å². The summed E-state index contributed by atoms with van der Waals surface area (Å²) in [7, 11) is 0. The highest BCUT2D eigenvalue weighted by molar-refractivity contribution is 5.77. The van der Waals surface area contributed by atoms with Crippen molar-refractivity contribution in [3.8, 4) is 0 Å². The Morgan fingerprint density at radius 3 is 2.47 bits per heavy atom. The molecule has 0 atom stereocenters. The lowest BCUT2D eigenvalue weighted by Gasteiger charge is -2.10. The first-order valence-electron chi connectivity index (χ1n) is 6.42. The predicted octanol–water partition coefficient (Wildman–Crippen LogP) is 4.59. The molecule has 2 nitrogen and oxygen atoms in total. The third-order valence-corrected chi connectivity index (χ3v) is 3.07. The van der Waals surface area contributed by atoms with E-state index in [4.69, 9.17) is 0 Å². The van der Waals surface area contributed by atoms with Crippen molar-refractivity contribution in [3.05, 3.63) is 29.6 Å². The van der Waals surface area contributed by atoms with Gasteiger partial charge in [-0.05, 0) is 24.6 Å². The van der Waals surface area contributed by atoms with Crippen molar-refractivity contribution < 1.29 is 13.2 Å². The first kappa shape index (κ1) is 13.9. The maximum absolute atomic E-state index is 12.7. The van der Waals surface area contributed by atoms with Gasteiger partial charge in [-0.1, -0.05) is 20.8 Å². The number of hydrogen-bond acceptors (Lipinski definition) is 1. The van der Waals surface area contributed by atoms with Gasteiger partial charge < -0.3 is 4.57 Å². The zero-order valence-corrected chi connectivity index (χ0v) is 11.3. The molecule has 0 aliphatic carbocycles. The fraction of sp³-hybridized carbons (Fsp3) is 0.500. The number of hydrogen-bond donors (Lipinski definition) is 0. The van der Waals surface area contributed by atoms with Gasteiger partial charge in [-0.25, -0.2) is 4.98 Å². The molecule has 1 aromatic carbocycles. The second kappa shape index (κ2) is 4.87. The quantitative estimate of drug-likeness (QED) is 0.797. The highest BCUT2D eigenvalue weighted by atomic mass is 19.4. The molecular weight excluding hydrogens is 253 g/mol. The van der Waals surface area contributed by atoms with E-state index in [1.807, 2.05) is 25.3 Å². The van der Waals surface area contributed by atoms with Crippen LogP contribution in [-0.4, -0.2) is 9.55 Å². The molecule has 1 heterocycles. The molecule has 0 fully saturated rings. The van der Waals surface area contributed by atoms with Crippen LogP contribution < -0.4 is 0 Å². The lowest BCUT2D eigenvalue weighted by Crippen LogP contribution is -2.05. The number of alkyl halides is 3. The Hall–Kier alpha value is -1.52. The Kier molecular flexibility index (Phi) is 3.56. The molecule has 19 heavy (non-hydrogen) atoms. The molecule has 5 heteroatoms. The molecule has 2 aromatic rings. The van der Waals surface area contributed by atoms with E-state index in [9.17, 15) is 13.2 Å². The number of halogens is 3. The van der Waals surface area contributed by atoms with E-state index in [0.717, 1.165) is 36.4 Å². The molecular formula is C14H17F3N2. The summed E-state index contributed by atoms with van der Waals surface area (Å²) in [6.45, 7) is 6.81. The molecule has 0 N–H and O–H groups in total. The molecule has 0 saturated carbocycles. The Bertz CT molecular complexity index is 582. The average Bonchev–Trinajstić information content (AvgIpc) is 2.67. The number of imidazole rings is 1. The van der Waals surface area contributed by atoms with Crippen LogP contribution in [0.15, 0.2) is 18.2 Å². The summed E-state index contributed by atoms with van der Waals surface area (Å²) in [5, 5.41) is 0. The molecule has 0 aliphatic heterocycles. The van der Waals surface area contributed by atoms with Crippen LogP contribution in [0.25, 0.3) is 11.0 Å². The van der Waals surface area contributed by atoms with E-state index in [2.05, 4.69) is 4.98 Å². The van der Waals surface area contributed by atoms with Crippen LogP contribution in [0, 0.1) is 0 Å². The van der Waals surface area contributed by atoms with E-state index in [-0.39, 0.29) is 5.92 Å². The standard InChI is InChI=1S/C14H17F3N2/c1-4-7-19-12-6-5-10(14(15,16)17)8-11(12)18-13(19)9(2)3/h5-6,8-9H,4,7H2,1-3H3. The summed E-state index contributed by atoms with van der Waals surface area (Å²) in [4.78, 5) is 4.37. The molecule has 0 unspecified atom stereocenters. The molecule has 1 aromatic heterocycles. The molecule has 0 spiro atoms. The van der Waals surface area contributed by atoms with Crippen molar-refractivity contribution in [1.82, 2.24) is 9.55 Å². The maximum Gasteiger partial charge on any atom is 0.416 e. The van der Waals surface area contributed by atoms with Gasteiger partial charge in [0.2, 0.25) is 0 Å². The molecule has 0 radical (unpaired) electrons. The van der Waals surface area contributed by atoms with Gasteiger partial charge in [-0.2, -0.15) is 13.2 Å². The fourth-order valence-electron chi connectivity index (χ4n) is 2.22. The predicted molar refractivity (Wildman–Crippen MR) is 69.1 cm³/mol. The largest absolute Gasteiger partial charge is 0.416 e. The van der Waals surface area contributed by atoms with E-state index >= 15 is 0 Å². The number of rotatable bonds is 3. The lowest BCUT2D eigenvalue weighted by atomic mass is 10.2. The van der Waals surface area contributed by atoms with Crippen molar-refractivity contribution in [3.63, 3.8) is 0 Å². The minimum atomic E-state index is -4.32. The highest BCUT2D eigenvalue weighted by Gasteiger charge is 2.31. The van der Waals surface area contributed by atoms with Crippen LogP contribution in [0.2, 0.25) is 0 Å². The second-order valence-electron chi connectivity index (χ2n) is 4.98. The topological polar surface area (TPSA) is 17.8 Å². The van der Waals surface area contributed by atoms with E-state index in [0.29, 0.717) is 5.52 Å². The first-order chi connectivity index (χ1) is 8.84. The van der Waals surface area contributed by atoms with Crippen LogP contribution in [0.1, 0.15) is 44.5 Å². The number of aryl methyl sites for hydroxylation is 1. The van der Waals surface area contributed by atoms with Crippen molar-refractivity contribution >= 4 is 11.0 Å². The van der Waals surface area contributed by atoms with Crippen LogP contribution in [0.4, 0.5) is 13.2 Å². The van der Waals surface area contributed by atoms with E-state index < -0.39 is 11.7 Å². The van der Waals surface area contributed by atoms with Gasteiger partial charge in [0.25, 0.3) is 0 Å². The van der Waals surface area contributed by atoms with E-state index in [1.54, 1.807) is 0 Å². The smallest absolute Gasteiger partial charge is 0.328 e. The van der Waals surface area contributed by atoms with Gasteiger partial charge in [0, 0.05) is 12.5 Å². The minimum absolute atomic E-state index is 0.188. The Balaban J connectivity index is 2.62. The highest BCUT2D eigenvalue weighted by Crippen LogP contribution is 2.32. The molecule has 0 aliphatic rings. The fourth-order valence-corrected chi connectivity index (χ4v) is 2.22. The van der Waals surface area contributed by atoms with Gasteiger partial charge in [0.05, 0.1) is 16.6 Å². The van der Waals surface area contributed by atoms with Gasteiger partial charge in [-0.15, -0.1) is 0 Å². The Morgan fingerprint density at radius 1 is 1.26 bits per heavy atom. The SMILES string of the molecule is CCCn1c(C(C)C)nc2cc(C(F)(F)F)ccc21. The van der Waals surface area contributed by atoms with E-state index in [1.165, 1.54) is 6.07 Å². The summed E-state index contributed by atoms with van der Waals surface area (Å²) in [6, 6.07) is 3.78. The van der Waals surface area contributed by atoms with Gasteiger partial charge in [0.15, 0.2) is 0 Å². The molecule has 0 bridgehead atoms. The summed E-state index contributed by atoms with van der Waals surface area (Å²) in [5.74, 6) is 1.03. The van der Waals surface area contributed by atoms with Gasteiger partial charge >= 0.3 is 6.18 Å². The van der Waals surface area contributed by atoms with Crippen LogP contribution in [0.3, 0.4) is 0 Å². The number of fused-ring (bicyclic) bond motifs is 1. The van der Waals surface area contributed by atoms with Crippen LogP contribution in [0.5, 0.6) is 0 Å². The zero-order chi connectivity index (χ0) is 14.2. The summed E-state index contributed by atoms with van der Waals surface area (Å²) < 4.78 is 40.1. The summed E-state index contributed by atoms with van der Waals surface area (Å²) in [6.07, 6.45) is -3.40. The minimum Gasteiger partial charge on any atom is -0.328 e. The monoisotopic (exact) mass is 270 g/mol. The summed E-state index contributed by atoms with van der Waals surface area (Å²) in [5.41, 5.74) is 0.557. The van der Waals surface area contributed by atoms with Crippen molar-refractivity contribution in [2.24, 2.45) is 0 Å². The second-order valence-corrected chi connectivity index (χ2v) is 4.98. The maximum atomic E-state index is 12.7.